The van der Waals surface area contributed by atoms with Gasteiger partial charge in [0.1, 0.15) is 0 Å². The Balaban J connectivity index is 1.52. The number of fused-ring (bicyclic) bond motifs is 2. The Morgan fingerprint density at radius 3 is 1.36 bits per heavy atom. The molecule has 0 fully saturated rings. The van der Waals surface area contributed by atoms with E-state index in [0.29, 0.717) is 40.2 Å². The van der Waals surface area contributed by atoms with E-state index >= 15 is 0 Å². The monoisotopic (exact) mass is 469 g/mol. The van der Waals surface area contributed by atoms with Crippen LogP contribution in [0, 0.1) is 0 Å². The first-order valence-corrected chi connectivity index (χ1v) is 11.6. The van der Waals surface area contributed by atoms with Crippen molar-refractivity contribution in [3.8, 4) is 0 Å². The summed E-state index contributed by atoms with van der Waals surface area (Å²) in [6, 6.07) is 26.6. The van der Waals surface area contributed by atoms with Crippen molar-refractivity contribution in [2.24, 2.45) is 0 Å². The van der Waals surface area contributed by atoms with E-state index in [1.807, 2.05) is 34.9 Å². The molecule has 5 heteroatoms. The maximum atomic E-state index is 13.5. The van der Waals surface area contributed by atoms with E-state index in [0.717, 1.165) is 5.56 Å². The van der Waals surface area contributed by atoms with Crippen LogP contribution in [-0.2, 0) is 6.54 Å². The largest absolute Gasteiger partial charge is 0.336 e. The molecule has 0 aliphatic heterocycles. The number of hydrogen-bond acceptors (Lipinski definition) is 4. The Morgan fingerprint density at radius 1 is 0.472 bits per heavy atom. The van der Waals surface area contributed by atoms with Gasteiger partial charge in [-0.2, -0.15) is 0 Å². The normalized spacial score (nSPS) is 14.8. The molecule has 0 spiro atoms. The van der Waals surface area contributed by atoms with Crippen LogP contribution < -0.4 is 0 Å². The summed E-state index contributed by atoms with van der Waals surface area (Å²) in [6.45, 7) is 0.347. The predicted octanol–water partition coefficient (Wildman–Crippen LogP) is 5.46. The molecule has 0 radical (unpaired) electrons. The quantitative estimate of drug-likeness (QED) is 0.398. The first kappa shape index (κ1) is 21.6. The summed E-state index contributed by atoms with van der Waals surface area (Å²) in [5.41, 5.74) is 3.95. The second-order valence-electron chi connectivity index (χ2n) is 8.77. The Kier molecular flexibility index (Phi) is 5.04. The average Bonchev–Trinajstić information content (AvgIpc) is 3.31. The summed E-state index contributed by atoms with van der Waals surface area (Å²) in [4.78, 5) is 52.7. The van der Waals surface area contributed by atoms with Crippen LogP contribution in [0.3, 0.4) is 0 Å². The third-order valence-corrected chi connectivity index (χ3v) is 6.63. The molecule has 0 N–H and O–H groups in total. The molecule has 0 saturated heterocycles. The third kappa shape index (κ3) is 3.41. The lowest BCUT2D eigenvalue weighted by molar-refractivity contribution is 0.100. The molecule has 1 heterocycles. The van der Waals surface area contributed by atoms with Gasteiger partial charge in [0.2, 0.25) is 0 Å². The standard InChI is InChI=1S/C31H19NO4/c33-28-16-24(30(35)22-12-6-4-10-20(22)28)26-14-15-27(32(26)18-19-8-2-1-3-9-19)25-17-29(34)21-11-5-7-13-23(21)31(25)36/h1-17H,18H2. The summed E-state index contributed by atoms with van der Waals surface area (Å²) in [5, 5.41) is 0. The highest BCUT2D eigenvalue weighted by Crippen LogP contribution is 2.34. The van der Waals surface area contributed by atoms with E-state index in [1.54, 1.807) is 60.7 Å². The maximum Gasteiger partial charge on any atom is 0.196 e. The Bertz CT molecular complexity index is 1560. The SMILES string of the molecule is O=C1C=C(c2ccc(C3=CC(=O)c4ccccc4C3=O)n2Cc2ccccc2)C(=O)c2ccccc21. The second kappa shape index (κ2) is 8.40. The van der Waals surface area contributed by atoms with Crippen LogP contribution in [0.1, 0.15) is 58.4 Å². The molecule has 0 atom stereocenters. The topological polar surface area (TPSA) is 73.2 Å². The van der Waals surface area contributed by atoms with Crippen molar-refractivity contribution >= 4 is 34.3 Å². The van der Waals surface area contributed by atoms with E-state index in [4.69, 9.17) is 0 Å². The molecule has 2 aliphatic carbocycles. The molecule has 3 aromatic carbocycles. The molecule has 4 aromatic rings. The lowest BCUT2D eigenvalue weighted by Gasteiger charge is -2.21. The van der Waals surface area contributed by atoms with E-state index in [9.17, 15) is 19.2 Å². The molecule has 5 nitrogen and oxygen atoms in total. The molecule has 0 amide bonds. The summed E-state index contributed by atoms with van der Waals surface area (Å²) < 4.78 is 1.84. The van der Waals surface area contributed by atoms with Crippen molar-refractivity contribution < 1.29 is 19.2 Å². The van der Waals surface area contributed by atoms with Gasteiger partial charge in [0.05, 0.1) is 22.5 Å². The van der Waals surface area contributed by atoms with Crippen LogP contribution in [0.25, 0.3) is 11.1 Å². The number of carbonyl (C=O) groups excluding carboxylic acids is 4. The smallest absolute Gasteiger partial charge is 0.196 e. The number of aromatic nitrogens is 1. The Morgan fingerprint density at radius 2 is 0.889 bits per heavy atom. The van der Waals surface area contributed by atoms with Gasteiger partial charge in [-0.25, -0.2) is 0 Å². The second-order valence-corrected chi connectivity index (χ2v) is 8.77. The lowest BCUT2D eigenvalue weighted by atomic mass is 9.88. The number of rotatable bonds is 4. The van der Waals surface area contributed by atoms with Crippen LogP contribution in [0.2, 0.25) is 0 Å². The summed E-state index contributed by atoms with van der Waals surface area (Å²) in [7, 11) is 0. The number of Topliss-reactive ketones (excluding diaryl/α,β-unsaturated/α-hetero) is 2. The molecule has 2 aliphatic rings. The minimum Gasteiger partial charge on any atom is -0.336 e. The Hall–Kier alpha value is -4.90. The minimum atomic E-state index is -0.255. The zero-order valence-corrected chi connectivity index (χ0v) is 19.1. The molecule has 0 bridgehead atoms. The van der Waals surface area contributed by atoms with Gasteiger partial charge in [-0.05, 0) is 29.8 Å². The average molecular weight is 469 g/mol. The van der Waals surface area contributed by atoms with Gasteiger partial charge in [-0.3, -0.25) is 19.2 Å². The molecule has 1 aromatic heterocycles. The van der Waals surface area contributed by atoms with Crippen LogP contribution in [-0.4, -0.2) is 27.7 Å². The molecule has 172 valence electrons. The summed E-state index contributed by atoms with van der Waals surface area (Å²) >= 11 is 0. The minimum absolute atomic E-state index is 0.244. The van der Waals surface area contributed by atoms with Gasteiger partial charge in [-0.15, -0.1) is 0 Å². The van der Waals surface area contributed by atoms with Crippen LogP contribution in [0.4, 0.5) is 0 Å². The van der Waals surface area contributed by atoms with Crippen molar-refractivity contribution in [2.45, 2.75) is 6.54 Å². The van der Waals surface area contributed by atoms with Crippen LogP contribution >= 0.6 is 0 Å². The van der Waals surface area contributed by atoms with Crippen LogP contribution in [0.5, 0.6) is 0 Å². The van der Waals surface area contributed by atoms with Gasteiger partial charge in [0.15, 0.2) is 23.1 Å². The fourth-order valence-electron chi connectivity index (χ4n) is 4.89. The Labute approximate surface area is 207 Å². The number of benzene rings is 3. The van der Waals surface area contributed by atoms with Gasteiger partial charge < -0.3 is 4.57 Å². The van der Waals surface area contributed by atoms with Gasteiger partial charge in [0, 0.05) is 28.8 Å². The molecule has 6 rings (SSSR count). The number of ketones is 4. The molecule has 0 unspecified atom stereocenters. The van der Waals surface area contributed by atoms with Crippen molar-refractivity contribution in [1.29, 1.82) is 0 Å². The molecule has 36 heavy (non-hydrogen) atoms. The molecule has 0 saturated carbocycles. The van der Waals surface area contributed by atoms with Crippen LogP contribution in [0.15, 0.2) is 103 Å². The fourth-order valence-corrected chi connectivity index (χ4v) is 4.89. The fraction of sp³-hybridized carbons (Fsp3) is 0.0323. The first-order chi connectivity index (χ1) is 17.5. The van der Waals surface area contributed by atoms with Gasteiger partial charge in [0.25, 0.3) is 0 Å². The zero-order chi connectivity index (χ0) is 24.8. The number of allylic oxidation sites excluding steroid dienone is 4. The van der Waals surface area contributed by atoms with E-state index in [-0.39, 0.29) is 34.3 Å². The van der Waals surface area contributed by atoms with E-state index < -0.39 is 0 Å². The number of nitrogens with zero attached hydrogens (tertiary/aromatic N) is 1. The van der Waals surface area contributed by atoms with Crippen molar-refractivity contribution in [3.63, 3.8) is 0 Å². The van der Waals surface area contributed by atoms with Crippen molar-refractivity contribution in [3.05, 3.63) is 142 Å². The molecular weight excluding hydrogens is 450 g/mol. The lowest BCUT2D eigenvalue weighted by Crippen LogP contribution is -2.21. The maximum absolute atomic E-state index is 13.5. The third-order valence-electron chi connectivity index (χ3n) is 6.63. The summed E-state index contributed by atoms with van der Waals surface area (Å²) in [6.07, 6.45) is 2.73. The van der Waals surface area contributed by atoms with Crippen molar-refractivity contribution in [2.75, 3.05) is 0 Å². The highest BCUT2D eigenvalue weighted by atomic mass is 16.1. The van der Waals surface area contributed by atoms with Gasteiger partial charge >= 0.3 is 0 Å². The summed E-state index contributed by atoms with van der Waals surface area (Å²) in [5.74, 6) is -0.999. The number of hydrogen-bond donors (Lipinski definition) is 0. The van der Waals surface area contributed by atoms with E-state index in [2.05, 4.69) is 0 Å². The zero-order valence-electron chi connectivity index (χ0n) is 19.1. The van der Waals surface area contributed by atoms with Crippen molar-refractivity contribution in [1.82, 2.24) is 4.57 Å². The first-order valence-electron chi connectivity index (χ1n) is 11.6. The predicted molar refractivity (Wildman–Crippen MR) is 136 cm³/mol. The highest BCUT2D eigenvalue weighted by molar-refractivity contribution is 6.40. The van der Waals surface area contributed by atoms with Gasteiger partial charge in [-0.1, -0.05) is 78.9 Å². The number of carbonyl (C=O) groups is 4. The highest BCUT2D eigenvalue weighted by Gasteiger charge is 2.31. The van der Waals surface area contributed by atoms with E-state index in [1.165, 1.54) is 12.2 Å². The molecular formula is C31H19NO4.